The second-order valence-corrected chi connectivity index (χ2v) is 5.99. The minimum Gasteiger partial charge on any atom is -0.366 e. The molecule has 128 valence electrons. The third-order valence-corrected chi connectivity index (χ3v) is 3.94. The number of carbonyl (C=O) groups excluding carboxylic acids is 1. The Bertz CT molecular complexity index is 930. The molecule has 0 aliphatic carbocycles. The number of aromatic nitrogens is 1. The van der Waals surface area contributed by atoms with Crippen molar-refractivity contribution in [3.05, 3.63) is 88.6 Å². The number of benzene rings is 2. The molecule has 0 unspecified atom stereocenters. The van der Waals surface area contributed by atoms with Gasteiger partial charge in [0.2, 0.25) is 0 Å². The van der Waals surface area contributed by atoms with Crippen molar-refractivity contribution in [2.75, 3.05) is 10.6 Å². The standard InChI is InChI=1S/C20H15ClN4O/c21-17-6-1-15(2-7-17)12-23-19-10-5-16(13-24-19)20(26)25-18-8-3-14(11-22)4-9-18/h1-10,13H,12H2,(H,23,24)(H,25,26). The van der Waals surface area contributed by atoms with E-state index in [0.29, 0.717) is 34.2 Å². The van der Waals surface area contributed by atoms with Crippen molar-refractivity contribution in [2.24, 2.45) is 0 Å². The first-order valence-electron chi connectivity index (χ1n) is 7.90. The molecule has 1 heterocycles. The molecule has 0 aliphatic heterocycles. The van der Waals surface area contributed by atoms with Gasteiger partial charge in [-0.3, -0.25) is 4.79 Å². The first kappa shape index (κ1) is 17.5. The molecule has 6 heteroatoms. The molecule has 0 atom stereocenters. The zero-order chi connectivity index (χ0) is 18.4. The number of nitrogens with zero attached hydrogens (tertiary/aromatic N) is 2. The summed E-state index contributed by atoms with van der Waals surface area (Å²) in [6.45, 7) is 0.612. The lowest BCUT2D eigenvalue weighted by Crippen LogP contribution is -2.12. The lowest BCUT2D eigenvalue weighted by atomic mass is 10.2. The van der Waals surface area contributed by atoms with E-state index in [4.69, 9.17) is 16.9 Å². The van der Waals surface area contributed by atoms with Gasteiger partial charge in [-0.2, -0.15) is 5.26 Å². The van der Waals surface area contributed by atoms with Crippen LogP contribution in [-0.4, -0.2) is 10.9 Å². The van der Waals surface area contributed by atoms with E-state index in [1.807, 2.05) is 30.3 Å². The number of carbonyl (C=O) groups is 1. The summed E-state index contributed by atoms with van der Waals surface area (Å²) in [5.41, 5.74) is 2.70. The fraction of sp³-hybridized carbons (Fsp3) is 0.0500. The number of nitriles is 1. The minimum atomic E-state index is -0.258. The van der Waals surface area contributed by atoms with Gasteiger partial charge in [-0.05, 0) is 54.1 Å². The Kier molecular flexibility index (Phi) is 5.47. The average Bonchev–Trinajstić information content (AvgIpc) is 2.68. The topological polar surface area (TPSA) is 77.8 Å². The number of halogens is 1. The molecule has 1 amide bonds. The Labute approximate surface area is 156 Å². The fourth-order valence-electron chi connectivity index (χ4n) is 2.26. The van der Waals surface area contributed by atoms with Crippen LogP contribution in [0.15, 0.2) is 66.9 Å². The molecule has 0 saturated carbocycles. The second-order valence-electron chi connectivity index (χ2n) is 5.56. The monoisotopic (exact) mass is 362 g/mol. The zero-order valence-corrected chi connectivity index (χ0v) is 14.5. The van der Waals surface area contributed by atoms with Crippen LogP contribution in [0, 0.1) is 11.3 Å². The Hall–Kier alpha value is -3.36. The highest BCUT2D eigenvalue weighted by atomic mass is 35.5. The van der Waals surface area contributed by atoms with E-state index in [9.17, 15) is 4.79 Å². The molecule has 3 aromatic rings. The van der Waals surface area contributed by atoms with Crippen LogP contribution in [0.3, 0.4) is 0 Å². The normalized spacial score (nSPS) is 10.0. The summed E-state index contributed by atoms with van der Waals surface area (Å²) in [7, 11) is 0. The van der Waals surface area contributed by atoms with E-state index in [2.05, 4.69) is 15.6 Å². The highest BCUT2D eigenvalue weighted by Gasteiger charge is 2.07. The molecule has 0 fully saturated rings. The lowest BCUT2D eigenvalue weighted by Gasteiger charge is -2.08. The van der Waals surface area contributed by atoms with Crippen LogP contribution < -0.4 is 10.6 Å². The molecule has 26 heavy (non-hydrogen) atoms. The molecule has 0 radical (unpaired) electrons. The number of hydrogen-bond donors (Lipinski definition) is 2. The first-order valence-corrected chi connectivity index (χ1v) is 8.28. The van der Waals surface area contributed by atoms with Crippen molar-refractivity contribution < 1.29 is 4.79 Å². The van der Waals surface area contributed by atoms with Crippen molar-refractivity contribution in [2.45, 2.75) is 6.54 Å². The summed E-state index contributed by atoms with van der Waals surface area (Å²) in [5.74, 6) is 0.418. The molecule has 2 aromatic carbocycles. The molecule has 5 nitrogen and oxygen atoms in total. The summed E-state index contributed by atoms with van der Waals surface area (Å²) < 4.78 is 0. The van der Waals surface area contributed by atoms with Crippen molar-refractivity contribution in [1.82, 2.24) is 4.98 Å². The summed E-state index contributed by atoms with van der Waals surface area (Å²) in [6, 6.07) is 19.7. The molecule has 3 rings (SSSR count). The highest BCUT2D eigenvalue weighted by molar-refractivity contribution is 6.30. The number of pyridine rings is 1. The smallest absolute Gasteiger partial charge is 0.257 e. The highest BCUT2D eigenvalue weighted by Crippen LogP contribution is 2.13. The van der Waals surface area contributed by atoms with Crippen molar-refractivity contribution in [3.63, 3.8) is 0 Å². The predicted octanol–water partition coefficient (Wildman–Crippen LogP) is 4.47. The van der Waals surface area contributed by atoms with E-state index in [0.717, 1.165) is 5.56 Å². The maximum atomic E-state index is 12.2. The van der Waals surface area contributed by atoms with Gasteiger partial charge < -0.3 is 10.6 Å². The van der Waals surface area contributed by atoms with E-state index >= 15 is 0 Å². The van der Waals surface area contributed by atoms with Gasteiger partial charge in [0.25, 0.3) is 5.91 Å². The SMILES string of the molecule is N#Cc1ccc(NC(=O)c2ccc(NCc3ccc(Cl)cc3)nc2)cc1. The van der Waals surface area contributed by atoms with Crippen molar-refractivity contribution >= 4 is 29.0 Å². The molecular formula is C20H15ClN4O. The van der Waals surface area contributed by atoms with E-state index in [-0.39, 0.29) is 5.91 Å². The third kappa shape index (κ3) is 4.59. The quantitative estimate of drug-likeness (QED) is 0.701. The summed E-state index contributed by atoms with van der Waals surface area (Å²) >= 11 is 5.86. The molecule has 2 N–H and O–H groups in total. The van der Waals surface area contributed by atoms with Gasteiger partial charge >= 0.3 is 0 Å². The number of hydrogen-bond acceptors (Lipinski definition) is 4. The predicted molar refractivity (Wildman–Crippen MR) is 102 cm³/mol. The molecule has 0 aliphatic rings. The van der Waals surface area contributed by atoms with Gasteiger partial charge in [-0.25, -0.2) is 4.98 Å². The van der Waals surface area contributed by atoms with Crippen LogP contribution in [0.2, 0.25) is 5.02 Å². The van der Waals surface area contributed by atoms with Crippen LogP contribution in [0.5, 0.6) is 0 Å². The van der Waals surface area contributed by atoms with Crippen LogP contribution >= 0.6 is 11.6 Å². The third-order valence-electron chi connectivity index (χ3n) is 3.68. The molecule has 0 spiro atoms. The van der Waals surface area contributed by atoms with Gasteiger partial charge in [-0.15, -0.1) is 0 Å². The number of rotatable bonds is 5. The Morgan fingerprint density at radius 1 is 1.04 bits per heavy atom. The van der Waals surface area contributed by atoms with E-state index in [1.54, 1.807) is 36.4 Å². The number of anilines is 2. The number of amides is 1. The zero-order valence-electron chi connectivity index (χ0n) is 13.7. The van der Waals surface area contributed by atoms with E-state index < -0.39 is 0 Å². The number of nitrogens with one attached hydrogen (secondary N) is 2. The molecule has 0 saturated heterocycles. The fourth-order valence-corrected chi connectivity index (χ4v) is 2.38. The van der Waals surface area contributed by atoms with Gasteiger partial charge in [-0.1, -0.05) is 23.7 Å². The summed E-state index contributed by atoms with van der Waals surface area (Å²) in [4.78, 5) is 16.5. The summed E-state index contributed by atoms with van der Waals surface area (Å²) in [5, 5.41) is 15.4. The van der Waals surface area contributed by atoms with Gasteiger partial charge in [0.05, 0.1) is 17.2 Å². The van der Waals surface area contributed by atoms with Crippen LogP contribution in [0.25, 0.3) is 0 Å². The van der Waals surface area contributed by atoms with Crippen molar-refractivity contribution in [1.29, 1.82) is 5.26 Å². The minimum absolute atomic E-state index is 0.258. The Morgan fingerprint density at radius 2 is 1.77 bits per heavy atom. The maximum Gasteiger partial charge on any atom is 0.257 e. The first-order chi connectivity index (χ1) is 12.6. The van der Waals surface area contributed by atoms with Gasteiger partial charge in [0.15, 0.2) is 0 Å². The van der Waals surface area contributed by atoms with Crippen LogP contribution in [-0.2, 0) is 6.54 Å². The Morgan fingerprint density at radius 3 is 2.38 bits per heavy atom. The summed E-state index contributed by atoms with van der Waals surface area (Å²) in [6.07, 6.45) is 1.52. The van der Waals surface area contributed by atoms with E-state index in [1.165, 1.54) is 6.20 Å². The van der Waals surface area contributed by atoms with Crippen LogP contribution in [0.4, 0.5) is 11.5 Å². The lowest BCUT2D eigenvalue weighted by molar-refractivity contribution is 0.102. The molecule has 0 bridgehead atoms. The maximum absolute atomic E-state index is 12.2. The van der Waals surface area contributed by atoms with Crippen molar-refractivity contribution in [3.8, 4) is 6.07 Å². The van der Waals surface area contributed by atoms with Gasteiger partial charge in [0.1, 0.15) is 5.82 Å². The molecular weight excluding hydrogens is 348 g/mol. The largest absolute Gasteiger partial charge is 0.366 e. The molecule has 1 aromatic heterocycles. The average molecular weight is 363 g/mol. The van der Waals surface area contributed by atoms with Crippen LogP contribution in [0.1, 0.15) is 21.5 Å². The van der Waals surface area contributed by atoms with Gasteiger partial charge in [0, 0.05) is 23.5 Å². The second kappa shape index (κ2) is 8.15. The Balaban J connectivity index is 1.58.